The van der Waals surface area contributed by atoms with Crippen LogP contribution in [0.1, 0.15) is 19.4 Å². The number of carboxylic acid groups (broad SMARTS) is 1. The number of carbonyl (C=O) groups excluding carboxylic acids is 1. The van der Waals surface area contributed by atoms with E-state index in [4.69, 9.17) is 4.74 Å². The number of carboxylic acids is 1. The van der Waals surface area contributed by atoms with Gasteiger partial charge in [0.05, 0.1) is 7.11 Å². The third-order valence-corrected chi connectivity index (χ3v) is 3.17. The maximum atomic E-state index is 13.7. The number of hydrogen-bond acceptors (Lipinski definition) is 3. The van der Waals surface area contributed by atoms with Crippen LogP contribution in [-0.2, 0) is 15.1 Å². The molecule has 0 saturated heterocycles. The third kappa shape index (κ3) is 2.52. The molecular formula is C13H16FNO4. The lowest BCUT2D eigenvalue weighted by molar-refractivity contribution is -0.154. The molecule has 1 aromatic carbocycles. The number of amides is 1. The van der Waals surface area contributed by atoms with E-state index in [1.807, 2.05) is 0 Å². The van der Waals surface area contributed by atoms with Crippen molar-refractivity contribution in [1.82, 2.24) is 4.90 Å². The van der Waals surface area contributed by atoms with Gasteiger partial charge in [0.1, 0.15) is 0 Å². The Kier molecular flexibility index (Phi) is 4.47. The molecule has 0 fully saturated rings. The van der Waals surface area contributed by atoms with Crippen molar-refractivity contribution in [1.29, 1.82) is 0 Å². The summed E-state index contributed by atoms with van der Waals surface area (Å²) in [4.78, 5) is 23.6. The van der Waals surface area contributed by atoms with Crippen molar-refractivity contribution in [3.63, 3.8) is 0 Å². The topological polar surface area (TPSA) is 66.8 Å². The molecule has 0 saturated carbocycles. The molecule has 0 aromatic heterocycles. The monoisotopic (exact) mass is 269 g/mol. The molecule has 1 amide bonds. The molecule has 0 aliphatic rings. The highest BCUT2D eigenvalue weighted by molar-refractivity contribution is 5.82. The van der Waals surface area contributed by atoms with E-state index in [0.29, 0.717) is 6.41 Å². The van der Waals surface area contributed by atoms with E-state index in [1.54, 1.807) is 6.92 Å². The molecule has 5 nitrogen and oxygen atoms in total. The number of halogens is 1. The highest BCUT2D eigenvalue weighted by Crippen LogP contribution is 2.30. The first kappa shape index (κ1) is 14.9. The lowest BCUT2D eigenvalue weighted by Gasteiger charge is -2.34. The van der Waals surface area contributed by atoms with E-state index in [2.05, 4.69) is 0 Å². The smallest absolute Gasteiger partial charge is 0.334 e. The third-order valence-electron chi connectivity index (χ3n) is 3.17. The van der Waals surface area contributed by atoms with Crippen LogP contribution in [0.4, 0.5) is 4.39 Å². The fourth-order valence-corrected chi connectivity index (χ4v) is 1.88. The molecule has 1 N–H and O–H groups in total. The fourth-order valence-electron chi connectivity index (χ4n) is 1.88. The van der Waals surface area contributed by atoms with Gasteiger partial charge in [-0.2, -0.15) is 0 Å². The molecule has 1 rings (SSSR count). The Bertz CT molecular complexity index is 492. The van der Waals surface area contributed by atoms with Crippen molar-refractivity contribution in [3.8, 4) is 5.75 Å². The zero-order chi connectivity index (χ0) is 14.6. The molecule has 0 bridgehead atoms. The SMILES string of the molecule is CCN(C=O)C(C)(C(=O)O)c1ccc(OC)c(F)c1. The zero-order valence-corrected chi connectivity index (χ0v) is 11.0. The predicted molar refractivity (Wildman–Crippen MR) is 66.4 cm³/mol. The first-order valence-electron chi connectivity index (χ1n) is 5.71. The Morgan fingerprint density at radius 3 is 2.58 bits per heavy atom. The largest absolute Gasteiger partial charge is 0.494 e. The number of ether oxygens (including phenoxy) is 1. The van der Waals surface area contributed by atoms with Crippen LogP contribution in [0.25, 0.3) is 0 Å². The summed E-state index contributed by atoms with van der Waals surface area (Å²) < 4.78 is 18.5. The van der Waals surface area contributed by atoms with Gasteiger partial charge in [0.2, 0.25) is 6.41 Å². The van der Waals surface area contributed by atoms with Crippen molar-refractivity contribution in [2.75, 3.05) is 13.7 Å². The van der Waals surface area contributed by atoms with Crippen molar-refractivity contribution >= 4 is 12.4 Å². The normalized spacial score (nSPS) is 13.5. The summed E-state index contributed by atoms with van der Waals surface area (Å²) >= 11 is 0. The maximum absolute atomic E-state index is 13.7. The molecule has 0 spiro atoms. The minimum Gasteiger partial charge on any atom is -0.494 e. The van der Waals surface area contributed by atoms with Gasteiger partial charge in [-0.1, -0.05) is 6.07 Å². The standard InChI is InChI=1S/C13H16FNO4/c1-4-15(8-16)13(2,12(17)18)9-5-6-11(19-3)10(14)7-9/h5-8H,4H2,1-3H3,(H,17,18). The van der Waals surface area contributed by atoms with Crippen LogP contribution in [-0.4, -0.2) is 36.0 Å². The molecule has 6 heteroatoms. The van der Waals surface area contributed by atoms with Crippen LogP contribution < -0.4 is 4.74 Å². The summed E-state index contributed by atoms with van der Waals surface area (Å²) in [6.07, 6.45) is 0.441. The lowest BCUT2D eigenvalue weighted by Crippen LogP contribution is -2.49. The minimum atomic E-state index is -1.62. The summed E-state index contributed by atoms with van der Waals surface area (Å²) in [5, 5.41) is 9.38. The molecule has 0 heterocycles. The number of likely N-dealkylation sites (N-methyl/N-ethyl adjacent to an activating group) is 1. The molecule has 1 atom stereocenters. The molecule has 1 unspecified atom stereocenters. The van der Waals surface area contributed by atoms with E-state index in [-0.39, 0.29) is 17.9 Å². The number of benzene rings is 1. The van der Waals surface area contributed by atoms with E-state index in [9.17, 15) is 19.1 Å². The van der Waals surface area contributed by atoms with E-state index < -0.39 is 17.3 Å². The maximum Gasteiger partial charge on any atom is 0.334 e. The van der Waals surface area contributed by atoms with Crippen LogP contribution >= 0.6 is 0 Å². The van der Waals surface area contributed by atoms with Gasteiger partial charge in [-0.15, -0.1) is 0 Å². The molecular weight excluding hydrogens is 253 g/mol. The van der Waals surface area contributed by atoms with E-state index in [1.165, 1.54) is 26.2 Å². The highest BCUT2D eigenvalue weighted by atomic mass is 19.1. The first-order chi connectivity index (χ1) is 8.91. The predicted octanol–water partition coefficient (Wildman–Crippen LogP) is 1.61. The summed E-state index contributed by atoms with van der Waals surface area (Å²) in [5.74, 6) is -1.88. The number of aliphatic carboxylic acids is 1. The summed E-state index contributed by atoms with van der Waals surface area (Å²) in [7, 11) is 1.32. The second kappa shape index (κ2) is 5.69. The average molecular weight is 269 g/mol. The lowest BCUT2D eigenvalue weighted by atomic mass is 9.90. The van der Waals surface area contributed by atoms with Crippen molar-refractivity contribution in [2.24, 2.45) is 0 Å². The number of methoxy groups -OCH3 is 1. The average Bonchev–Trinajstić information content (AvgIpc) is 2.39. The number of carbonyl (C=O) groups is 2. The van der Waals surface area contributed by atoms with Crippen LogP contribution in [0.15, 0.2) is 18.2 Å². The van der Waals surface area contributed by atoms with Crippen molar-refractivity contribution in [2.45, 2.75) is 19.4 Å². The second-order valence-electron chi connectivity index (χ2n) is 4.12. The minimum absolute atomic E-state index is 0.0191. The Balaban J connectivity index is 3.38. The van der Waals surface area contributed by atoms with E-state index in [0.717, 1.165) is 11.0 Å². The number of hydrogen-bond donors (Lipinski definition) is 1. The van der Waals surface area contributed by atoms with Gasteiger partial charge in [-0.25, -0.2) is 9.18 Å². The van der Waals surface area contributed by atoms with Crippen LogP contribution in [0.2, 0.25) is 0 Å². The molecule has 0 aliphatic heterocycles. The quantitative estimate of drug-likeness (QED) is 0.797. The van der Waals surface area contributed by atoms with Gasteiger partial charge in [-0.05, 0) is 31.5 Å². The van der Waals surface area contributed by atoms with Crippen LogP contribution in [0, 0.1) is 5.82 Å². The number of nitrogens with zero attached hydrogens (tertiary/aromatic N) is 1. The van der Waals surface area contributed by atoms with E-state index >= 15 is 0 Å². The summed E-state index contributed by atoms with van der Waals surface area (Å²) in [5.41, 5.74) is -1.45. The summed E-state index contributed by atoms with van der Waals surface area (Å²) in [6, 6.07) is 3.84. The first-order valence-corrected chi connectivity index (χ1v) is 5.71. The Morgan fingerprint density at radius 2 is 2.21 bits per heavy atom. The van der Waals surface area contributed by atoms with Gasteiger partial charge in [0.25, 0.3) is 0 Å². The number of rotatable bonds is 6. The Hall–Kier alpha value is -2.11. The van der Waals surface area contributed by atoms with Crippen molar-refractivity contribution < 1.29 is 23.8 Å². The van der Waals surface area contributed by atoms with Crippen LogP contribution in [0.3, 0.4) is 0 Å². The van der Waals surface area contributed by atoms with Gasteiger partial charge in [0, 0.05) is 6.54 Å². The second-order valence-corrected chi connectivity index (χ2v) is 4.12. The highest BCUT2D eigenvalue weighted by Gasteiger charge is 2.40. The van der Waals surface area contributed by atoms with Crippen molar-refractivity contribution in [3.05, 3.63) is 29.6 Å². The molecule has 0 radical (unpaired) electrons. The van der Waals surface area contributed by atoms with Crippen LogP contribution in [0.5, 0.6) is 5.75 Å². The molecule has 0 aliphatic carbocycles. The summed E-state index contributed by atoms with van der Waals surface area (Å²) in [6.45, 7) is 3.20. The Morgan fingerprint density at radius 1 is 1.58 bits per heavy atom. The van der Waals surface area contributed by atoms with Gasteiger partial charge in [0.15, 0.2) is 17.1 Å². The molecule has 104 valence electrons. The zero-order valence-electron chi connectivity index (χ0n) is 11.0. The van der Waals surface area contributed by atoms with Gasteiger partial charge in [-0.3, -0.25) is 4.79 Å². The molecule has 1 aromatic rings. The molecule has 19 heavy (non-hydrogen) atoms. The Labute approximate surface area is 110 Å². The van der Waals surface area contributed by atoms with Gasteiger partial charge >= 0.3 is 5.97 Å². The fraction of sp³-hybridized carbons (Fsp3) is 0.385. The van der Waals surface area contributed by atoms with Gasteiger partial charge < -0.3 is 14.7 Å².